The van der Waals surface area contributed by atoms with Crippen molar-refractivity contribution in [1.82, 2.24) is 4.57 Å². The van der Waals surface area contributed by atoms with E-state index in [0.29, 0.717) is 11.9 Å². The van der Waals surface area contributed by atoms with Gasteiger partial charge in [0.25, 0.3) is 0 Å². The number of benzene rings is 2. The van der Waals surface area contributed by atoms with E-state index in [1.54, 1.807) is 30.3 Å². The van der Waals surface area contributed by atoms with E-state index in [1.165, 1.54) is 6.07 Å². The Morgan fingerprint density at radius 1 is 1.24 bits per heavy atom. The van der Waals surface area contributed by atoms with Crippen LogP contribution in [0.15, 0.2) is 53.1 Å². The molecule has 21 heavy (non-hydrogen) atoms. The van der Waals surface area contributed by atoms with Crippen molar-refractivity contribution in [3.63, 3.8) is 0 Å². The number of nitrogens with zero attached hydrogens (tertiary/aromatic N) is 1. The van der Waals surface area contributed by atoms with Gasteiger partial charge < -0.3 is 9.67 Å². The van der Waals surface area contributed by atoms with E-state index >= 15 is 0 Å². The number of rotatable bonds is 3. The van der Waals surface area contributed by atoms with E-state index in [-0.39, 0.29) is 11.4 Å². The molecule has 1 N–H and O–H groups in total. The molecule has 0 unspecified atom stereocenters. The average molecular weight is 348 g/mol. The molecule has 3 nitrogen and oxygen atoms in total. The Hall–Kier alpha value is -2.14. The molecule has 2 aromatic carbocycles. The number of carbonyl (C=O) groups is 1. The molecule has 0 bridgehead atoms. The Balaban J connectivity index is 1.99. The average Bonchev–Trinajstić information content (AvgIpc) is 2.85. The quantitative estimate of drug-likeness (QED) is 0.767. The SMILES string of the molecule is O=C(O)c1ccc(Cn2ccc3c(F)cccc32)c(Br)c1. The molecule has 106 valence electrons. The first-order valence-corrected chi connectivity index (χ1v) is 7.10. The highest BCUT2D eigenvalue weighted by Gasteiger charge is 2.09. The number of aromatic nitrogens is 1. The van der Waals surface area contributed by atoms with Crippen LogP contribution in [0.1, 0.15) is 15.9 Å². The zero-order valence-corrected chi connectivity index (χ0v) is 12.5. The molecule has 0 saturated carbocycles. The summed E-state index contributed by atoms with van der Waals surface area (Å²) in [5, 5.41) is 9.54. The third-order valence-electron chi connectivity index (χ3n) is 3.40. The summed E-state index contributed by atoms with van der Waals surface area (Å²) >= 11 is 3.39. The standard InChI is InChI=1S/C16H11BrFNO2/c17-13-8-10(16(20)21)4-5-11(13)9-19-7-6-12-14(18)2-1-3-15(12)19/h1-8H,9H2,(H,20,21). The second-order valence-corrected chi connectivity index (χ2v) is 5.58. The zero-order chi connectivity index (χ0) is 15.0. The molecule has 0 atom stereocenters. The molecule has 0 aliphatic heterocycles. The number of hydrogen-bond donors (Lipinski definition) is 1. The summed E-state index contributed by atoms with van der Waals surface area (Å²) in [6.07, 6.45) is 1.82. The molecular weight excluding hydrogens is 337 g/mol. The van der Waals surface area contributed by atoms with Crippen LogP contribution in [0.5, 0.6) is 0 Å². The van der Waals surface area contributed by atoms with Gasteiger partial charge in [-0.15, -0.1) is 0 Å². The lowest BCUT2D eigenvalue weighted by Gasteiger charge is -2.09. The van der Waals surface area contributed by atoms with Gasteiger partial charge in [0.05, 0.1) is 11.1 Å². The van der Waals surface area contributed by atoms with E-state index in [0.717, 1.165) is 15.6 Å². The smallest absolute Gasteiger partial charge is 0.335 e. The van der Waals surface area contributed by atoms with Crippen molar-refractivity contribution in [1.29, 1.82) is 0 Å². The van der Waals surface area contributed by atoms with Crippen molar-refractivity contribution in [2.45, 2.75) is 6.54 Å². The molecular formula is C16H11BrFNO2. The topological polar surface area (TPSA) is 42.2 Å². The van der Waals surface area contributed by atoms with Crippen LogP contribution in [0, 0.1) is 5.82 Å². The van der Waals surface area contributed by atoms with E-state index in [4.69, 9.17) is 5.11 Å². The van der Waals surface area contributed by atoms with Crippen LogP contribution in [0.25, 0.3) is 10.9 Å². The normalized spacial score (nSPS) is 11.0. The van der Waals surface area contributed by atoms with E-state index in [9.17, 15) is 9.18 Å². The Morgan fingerprint density at radius 2 is 2.05 bits per heavy atom. The number of fused-ring (bicyclic) bond motifs is 1. The maximum atomic E-state index is 13.7. The lowest BCUT2D eigenvalue weighted by atomic mass is 10.1. The third-order valence-corrected chi connectivity index (χ3v) is 4.14. The first kappa shape index (κ1) is 13.8. The van der Waals surface area contributed by atoms with Gasteiger partial charge in [0, 0.05) is 22.6 Å². The minimum Gasteiger partial charge on any atom is -0.478 e. The van der Waals surface area contributed by atoms with Gasteiger partial charge >= 0.3 is 5.97 Å². The van der Waals surface area contributed by atoms with Crippen LogP contribution in [0.4, 0.5) is 4.39 Å². The molecule has 1 heterocycles. The van der Waals surface area contributed by atoms with E-state index in [1.807, 2.05) is 16.8 Å². The van der Waals surface area contributed by atoms with Crippen LogP contribution in [0.3, 0.4) is 0 Å². The van der Waals surface area contributed by atoms with Gasteiger partial charge in [0.2, 0.25) is 0 Å². The van der Waals surface area contributed by atoms with Crippen LogP contribution >= 0.6 is 15.9 Å². The molecule has 0 amide bonds. The highest BCUT2D eigenvalue weighted by molar-refractivity contribution is 9.10. The van der Waals surface area contributed by atoms with E-state index in [2.05, 4.69) is 15.9 Å². The molecule has 3 rings (SSSR count). The Labute approximate surface area is 128 Å². The molecule has 0 spiro atoms. The molecule has 0 radical (unpaired) electrons. The summed E-state index contributed by atoms with van der Waals surface area (Å²) in [5.74, 6) is -1.21. The second kappa shape index (κ2) is 5.33. The first-order chi connectivity index (χ1) is 10.1. The van der Waals surface area contributed by atoms with Crippen LogP contribution in [-0.2, 0) is 6.54 Å². The van der Waals surface area contributed by atoms with Gasteiger partial charge in [-0.2, -0.15) is 0 Å². The number of halogens is 2. The van der Waals surface area contributed by atoms with Gasteiger partial charge in [-0.3, -0.25) is 0 Å². The molecule has 3 aromatic rings. The molecule has 0 saturated heterocycles. The minimum absolute atomic E-state index is 0.231. The minimum atomic E-state index is -0.962. The largest absolute Gasteiger partial charge is 0.478 e. The summed E-state index contributed by atoms with van der Waals surface area (Å²) in [4.78, 5) is 10.9. The second-order valence-electron chi connectivity index (χ2n) is 4.73. The Kier molecular flexibility index (Phi) is 3.51. The third kappa shape index (κ3) is 2.56. The Morgan fingerprint density at radius 3 is 2.76 bits per heavy atom. The van der Waals surface area contributed by atoms with Gasteiger partial charge in [0.15, 0.2) is 0 Å². The van der Waals surface area contributed by atoms with Crippen molar-refractivity contribution in [3.05, 3.63) is 70.1 Å². The van der Waals surface area contributed by atoms with Crippen molar-refractivity contribution in [2.24, 2.45) is 0 Å². The Bertz CT molecular complexity index is 841. The number of carboxylic acids is 1. The summed E-state index contributed by atoms with van der Waals surface area (Å²) < 4.78 is 16.3. The van der Waals surface area contributed by atoms with Crippen LogP contribution in [-0.4, -0.2) is 15.6 Å². The highest BCUT2D eigenvalue weighted by Crippen LogP contribution is 2.24. The van der Waals surface area contributed by atoms with Gasteiger partial charge in [-0.05, 0) is 35.9 Å². The highest BCUT2D eigenvalue weighted by atomic mass is 79.9. The predicted octanol–water partition coefficient (Wildman–Crippen LogP) is 4.29. The van der Waals surface area contributed by atoms with Crippen LogP contribution < -0.4 is 0 Å². The van der Waals surface area contributed by atoms with Crippen LogP contribution in [0.2, 0.25) is 0 Å². The summed E-state index contributed by atoms with van der Waals surface area (Å²) in [5.41, 5.74) is 1.97. The number of aromatic carboxylic acids is 1. The number of hydrogen-bond acceptors (Lipinski definition) is 1. The predicted molar refractivity (Wildman–Crippen MR) is 82.1 cm³/mol. The summed E-state index contributed by atoms with van der Waals surface area (Å²) in [6.45, 7) is 0.535. The summed E-state index contributed by atoms with van der Waals surface area (Å²) in [6, 6.07) is 11.6. The van der Waals surface area contributed by atoms with Gasteiger partial charge in [-0.1, -0.05) is 28.1 Å². The lowest BCUT2D eigenvalue weighted by molar-refractivity contribution is 0.0697. The van der Waals surface area contributed by atoms with Crippen molar-refractivity contribution < 1.29 is 14.3 Å². The first-order valence-electron chi connectivity index (χ1n) is 6.31. The molecule has 0 fully saturated rings. The van der Waals surface area contributed by atoms with Crippen molar-refractivity contribution in [3.8, 4) is 0 Å². The molecule has 0 aliphatic rings. The van der Waals surface area contributed by atoms with Gasteiger partial charge in [0.1, 0.15) is 5.82 Å². The fraction of sp³-hybridized carbons (Fsp3) is 0.0625. The maximum absolute atomic E-state index is 13.7. The fourth-order valence-electron chi connectivity index (χ4n) is 2.32. The number of carboxylic acid groups (broad SMARTS) is 1. The fourth-order valence-corrected chi connectivity index (χ4v) is 2.82. The maximum Gasteiger partial charge on any atom is 0.335 e. The monoisotopic (exact) mass is 347 g/mol. The molecule has 0 aliphatic carbocycles. The molecule has 5 heteroatoms. The molecule has 1 aromatic heterocycles. The zero-order valence-electron chi connectivity index (χ0n) is 10.9. The van der Waals surface area contributed by atoms with Crippen molar-refractivity contribution >= 4 is 32.8 Å². The van der Waals surface area contributed by atoms with E-state index < -0.39 is 5.97 Å². The summed E-state index contributed by atoms with van der Waals surface area (Å²) in [7, 11) is 0. The van der Waals surface area contributed by atoms with Crippen molar-refractivity contribution in [2.75, 3.05) is 0 Å². The lowest BCUT2D eigenvalue weighted by Crippen LogP contribution is -2.01. The van der Waals surface area contributed by atoms with Gasteiger partial charge in [-0.25, -0.2) is 9.18 Å².